The Balaban J connectivity index is 1.97. The molecule has 1 aromatic carbocycles. The lowest BCUT2D eigenvalue weighted by Gasteiger charge is -2.22. The van der Waals surface area contributed by atoms with Crippen molar-refractivity contribution >= 4 is 0 Å². The highest BCUT2D eigenvalue weighted by Crippen LogP contribution is 2.21. The molecule has 0 spiro atoms. The van der Waals surface area contributed by atoms with E-state index < -0.39 is 0 Å². The molecular formula is C13H14FN3. The fourth-order valence-corrected chi connectivity index (χ4v) is 2.13. The Labute approximate surface area is 99.5 Å². The summed E-state index contributed by atoms with van der Waals surface area (Å²) < 4.78 is 15.0. The third-order valence-electron chi connectivity index (χ3n) is 3.13. The van der Waals surface area contributed by atoms with Gasteiger partial charge in [0.05, 0.1) is 12.2 Å². The van der Waals surface area contributed by atoms with Crippen LogP contribution in [0.3, 0.4) is 0 Å². The summed E-state index contributed by atoms with van der Waals surface area (Å²) in [6.07, 6.45) is 2.05. The van der Waals surface area contributed by atoms with Gasteiger partial charge in [-0.1, -0.05) is 0 Å². The van der Waals surface area contributed by atoms with Crippen LogP contribution in [0.5, 0.6) is 0 Å². The molecule has 2 heterocycles. The van der Waals surface area contributed by atoms with Crippen LogP contribution >= 0.6 is 0 Å². The molecule has 2 aromatic rings. The average molecular weight is 231 g/mol. The second kappa shape index (κ2) is 3.96. The average Bonchev–Trinajstić information content (AvgIpc) is 2.72. The molecule has 0 aliphatic carbocycles. The number of imidazole rings is 1. The first-order valence-electron chi connectivity index (χ1n) is 5.73. The van der Waals surface area contributed by atoms with Gasteiger partial charge in [-0.25, -0.2) is 9.37 Å². The van der Waals surface area contributed by atoms with Gasteiger partial charge in [0.25, 0.3) is 0 Å². The summed E-state index contributed by atoms with van der Waals surface area (Å²) in [4.78, 5) is 6.85. The highest BCUT2D eigenvalue weighted by Gasteiger charge is 2.16. The molecule has 17 heavy (non-hydrogen) atoms. The number of halogens is 1. The summed E-state index contributed by atoms with van der Waals surface area (Å²) in [5.41, 5.74) is 1.89. The minimum Gasteiger partial charge on any atom is -0.332 e. The second-order valence-corrected chi connectivity index (χ2v) is 4.48. The first kappa shape index (κ1) is 10.5. The Hall–Kier alpha value is -1.68. The van der Waals surface area contributed by atoms with Crippen molar-refractivity contribution < 1.29 is 4.39 Å². The Kier molecular flexibility index (Phi) is 2.44. The quantitative estimate of drug-likeness (QED) is 0.749. The third kappa shape index (κ3) is 1.96. The van der Waals surface area contributed by atoms with Crippen LogP contribution in [-0.4, -0.2) is 28.0 Å². The lowest BCUT2D eigenvalue weighted by atomic mass is 10.2. The first-order chi connectivity index (χ1) is 8.22. The number of aromatic nitrogens is 2. The van der Waals surface area contributed by atoms with Crippen LogP contribution < -0.4 is 0 Å². The Bertz CT molecular complexity index is 530. The van der Waals surface area contributed by atoms with E-state index in [1.807, 2.05) is 0 Å². The summed E-state index contributed by atoms with van der Waals surface area (Å²) in [6, 6.07) is 6.49. The zero-order valence-corrected chi connectivity index (χ0v) is 9.73. The van der Waals surface area contributed by atoms with E-state index in [9.17, 15) is 4.39 Å². The maximum Gasteiger partial charge on any atom is 0.123 e. The number of hydrogen-bond donors (Lipinski definition) is 0. The molecule has 1 aromatic heterocycles. The predicted octanol–water partition coefficient (Wildman–Crippen LogP) is 2.13. The number of hydrogen-bond acceptors (Lipinski definition) is 2. The Morgan fingerprint density at radius 3 is 2.71 bits per heavy atom. The lowest BCUT2D eigenvalue weighted by Crippen LogP contribution is -2.30. The minimum absolute atomic E-state index is 0.211. The van der Waals surface area contributed by atoms with Gasteiger partial charge in [-0.05, 0) is 31.3 Å². The molecule has 0 radical (unpaired) electrons. The van der Waals surface area contributed by atoms with Crippen LogP contribution in [0.25, 0.3) is 11.3 Å². The number of nitrogens with zero attached hydrogens (tertiary/aromatic N) is 3. The smallest absolute Gasteiger partial charge is 0.123 e. The standard InChI is InChI=1S/C13H14FN3/c1-16-6-7-17-8-12(15-13(17)9-16)10-2-4-11(14)5-3-10/h2-5,8H,6-7,9H2,1H3. The molecule has 0 fully saturated rings. The Morgan fingerprint density at radius 1 is 1.18 bits per heavy atom. The van der Waals surface area contributed by atoms with Crippen molar-refractivity contribution in [3.8, 4) is 11.3 Å². The van der Waals surface area contributed by atoms with Gasteiger partial charge in [0, 0.05) is 24.8 Å². The molecule has 0 N–H and O–H groups in total. The molecule has 0 atom stereocenters. The second-order valence-electron chi connectivity index (χ2n) is 4.48. The fraction of sp³-hybridized carbons (Fsp3) is 0.308. The monoisotopic (exact) mass is 231 g/mol. The summed E-state index contributed by atoms with van der Waals surface area (Å²) in [7, 11) is 2.09. The van der Waals surface area contributed by atoms with Crippen molar-refractivity contribution in [2.75, 3.05) is 13.6 Å². The van der Waals surface area contributed by atoms with Gasteiger partial charge < -0.3 is 4.57 Å². The van der Waals surface area contributed by atoms with Gasteiger partial charge in [-0.15, -0.1) is 0 Å². The molecule has 0 bridgehead atoms. The van der Waals surface area contributed by atoms with E-state index >= 15 is 0 Å². The number of fused-ring (bicyclic) bond motifs is 1. The van der Waals surface area contributed by atoms with E-state index in [-0.39, 0.29) is 5.82 Å². The van der Waals surface area contributed by atoms with Crippen LogP contribution in [0.4, 0.5) is 4.39 Å². The van der Waals surface area contributed by atoms with Gasteiger partial charge in [0.15, 0.2) is 0 Å². The molecule has 88 valence electrons. The van der Waals surface area contributed by atoms with E-state index in [1.54, 1.807) is 12.1 Å². The zero-order chi connectivity index (χ0) is 11.8. The lowest BCUT2D eigenvalue weighted by molar-refractivity contribution is 0.264. The molecule has 0 saturated heterocycles. The molecule has 1 aliphatic heterocycles. The molecule has 0 unspecified atom stereocenters. The van der Waals surface area contributed by atoms with E-state index in [4.69, 9.17) is 0 Å². The van der Waals surface area contributed by atoms with Crippen molar-refractivity contribution in [3.05, 3.63) is 42.1 Å². The number of rotatable bonds is 1. The Morgan fingerprint density at radius 2 is 1.94 bits per heavy atom. The summed E-state index contributed by atoms with van der Waals surface area (Å²) >= 11 is 0. The summed E-state index contributed by atoms with van der Waals surface area (Å²) in [6.45, 7) is 2.90. The highest BCUT2D eigenvalue weighted by atomic mass is 19.1. The molecule has 4 heteroatoms. The first-order valence-corrected chi connectivity index (χ1v) is 5.73. The third-order valence-corrected chi connectivity index (χ3v) is 3.13. The van der Waals surface area contributed by atoms with Crippen LogP contribution in [0, 0.1) is 5.82 Å². The van der Waals surface area contributed by atoms with Gasteiger partial charge in [0.1, 0.15) is 11.6 Å². The normalized spacial score (nSPS) is 15.9. The molecule has 3 rings (SSSR count). The maximum absolute atomic E-state index is 12.8. The van der Waals surface area contributed by atoms with E-state index in [1.165, 1.54) is 12.1 Å². The molecule has 0 amide bonds. The van der Waals surface area contributed by atoms with E-state index in [0.29, 0.717) is 0 Å². The van der Waals surface area contributed by atoms with E-state index in [0.717, 1.165) is 36.7 Å². The van der Waals surface area contributed by atoms with Crippen molar-refractivity contribution in [2.45, 2.75) is 13.1 Å². The predicted molar refractivity (Wildman–Crippen MR) is 64.0 cm³/mol. The van der Waals surface area contributed by atoms with Crippen molar-refractivity contribution in [1.29, 1.82) is 0 Å². The SMILES string of the molecule is CN1CCn2cc(-c3ccc(F)cc3)nc2C1. The fourth-order valence-electron chi connectivity index (χ4n) is 2.13. The van der Waals surface area contributed by atoms with Gasteiger partial charge >= 0.3 is 0 Å². The van der Waals surface area contributed by atoms with Crippen molar-refractivity contribution in [2.24, 2.45) is 0 Å². The number of benzene rings is 1. The molecule has 1 aliphatic rings. The molecule has 0 saturated carbocycles. The molecular weight excluding hydrogens is 217 g/mol. The van der Waals surface area contributed by atoms with Crippen LogP contribution in [0.2, 0.25) is 0 Å². The topological polar surface area (TPSA) is 21.1 Å². The number of likely N-dealkylation sites (N-methyl/N-ethyl adjacent to an activating group) is 1. The molecule has 3 nitrogen and oxygen atoms in total. The highest BCUT2D eigenvalue weighted by molar-refractivity contribution is 5.58. The van der Waals surface area contributed by atoms with E-state index in [2.05, 4.69) is 27.7 Å². The van der Waals surface area contributed by atoms with Gasteiger partial charge in [-0.2, -0.15) is 0 Å². The summed E-state index contributed by atoms with van der Waals surface area (Å²) in [5, 5.41) is 0. The van der Waals surface area contributed by atoms with Gasteiger partial charge in [0.2, 0.25) is 0 Å². The minimum atomic E-state index is -0.211. The van der Waals surface area contributed by atoms with Crippen molar-refractivity contribution in [3.63, 3.8) is 0 Å². The van der Waals surface area contributed by atoms with Crippen LogP contribution in [-0.2, 0) is 13.1 Å². The van der Waals surface area contributed by atoms with Gasteiger partial charge in [-0.3, -0.25) is 4.90 Å². The summed E-state index contributed by atoms with van der Waals surface area (Å²) in [5.74, 6) is 0.871. The van der Waals surface area contributed by atoms with Crippen LogP contribution in [0.15, 0.2) is 30.5 Å². The van der Waals surface area contributed by atoms with Crippen LogP contribution in [0.1, 0.15) is 5.82 Å². The van der Waals surface area contributed by atoms with Crippen molar-refractivity contribution in [1.82, 2.24) is 14.5 Å². The maximum atomic E-state index is 12.8. The zero-order valence-electron chi connectivity index (χ0n) is 9.73. The largest absolute Gasteiger partial charge is 0.332 e.